The van der Waals surface area contributed by atoms with Crippen LogP contribution >= 0.6 is 0 Å². The van der Waals surface area contributed by atoms with Gasteiger partial charge in [0.2, 0.25) is 0 Å². The number of ketones is 1. The summed E-state index contributed by atoms with van der Waals surface area (Å²) in [6, 6.07) is 0. The first-order valence-electron chi connectivity index (χ1n) is 4.63. The molecule has 1 nitrogen and oxygen atoms in total. The van der Waals surface area contributed by atoms with Crippen molar-refractivity contribution in [2.24, 2.45) is 5.41 Å². The molecule has 0 saturated heterocycles. The Kier molecular flexibility index (Phi) is 4.85. The van der Waals surface area contributed by atoms with E-state index in [1.165, 1.54) is 6.08 Å². The van der Waals surface area contributed by atoms with Gasteiger partial charge < -0.3 is 0 Å². The standard InChI is InChI=1S/C13H18O/c1-6-9-10-11(7-2)13(4,5)12(14)8-3/h6-10H,2-3H2,1,4-5H3/b9-6-,11-10+. The molecule has 0 saturated carbocycles. The zero-order chi connectivity index (χ0) is 11.2. The van der Waals surface area contributed by atoms with Crippen LogP contribution in [0.4, 0.5) is 0 Å². The summed E-state index contributed by atoms with van der Waals surface area (Å²) in [5, 5.41) is 0. The molecule has 0 aromatic rings. The maximum Gasteiger partial charge on any atom is 0.165 e. The third-order valence-electron chi connectivity index (χ3n) is 2.21. The third kappa shape index (κ3) is 2.84. The minimum atomic E-state index is -0.539. The van der Waals surface area contributed by atoms with Crippen LogP contribution in [0.15, 0.2) is 49.1 Å². The zero-order valence-corrected chi connectivity index (χ0v) is 9.21. The molecule has 0 N–H and O–H groups in total. The SMILES string of the molecule is C=CC(=O)C(C)(C)/C(C=C)=C/C=C\C. The van der Waals surface area contributed by atoms with E-state index in [1.807, 2.05) is 39.0 Å². The lowest BCUT2D eigenvalue weighted by molar-refractivity contribution is -0.120. The van der Waals surface area contributed by atoms with Gasteiger partial charge in [0.1, 0.15) is 0 Å². The molecular formula is C13H18O. The average Bonchev–Trinajstić information content (AvgIpc) is 2.17. The quantitative estimate of drug-likeness (QED) is 0.479. The molecule has 76 valence electrons. The van der Waals surface area contributed by atoms with Gasteiger partial charge in [0.25, 0.3) is 0 Å². The van der Waals surface area contributed by atoms with Gasteiger partial charge in [-0.05, 0) is 32.4 Å². The highest BCUT2D eigenvalue weighted by atomic mass is 16.1. The number of hydrogen-bond acceptors (Lipinski definition) is 1. The van der Waals surface area contributed by atoms with Crippen molar-refractivity contribution in [2.75, 3.05) is 0 Å². The summed E-state index contributed by atoms with van der Waals surface area (Å²) in [7, 11) is 0. The van der Waals surface area contributed by atoms with Crippen molar-refractivity contribution in [3.05, 3.63) is 49.1 Å². The van der Waals surface area contributed by atoms with Gasteiger partial charge in [-0.15, -0.1) is 0 Å². The molecule has 0 spiro atoms. The van der Waals surface area contributed by atoms with Gasteiger partial charge in [-0.3, -0.25) is 4.79 Å². The molecule has 0 aromatic heterocycles. The summed E-state index contributed by atoms with van der Waals surface area (Å²) in [4.78, 5) is 11.6. The predicted octanol–water partition coefficient (Wildman–Crippen LogP) is 3.46. The third-order valence-corrected chi connectivity index (χ3v) is 2.21. The molecule has 0 fully saturated rings. The Labute approximate surface area is 86.5 Å². The van der Waals surface area contributed by atoms with Crippen molar-refractivity contribution in [3.63, 3.8) is 0 Å². The second-order valence-electron chi connectivity index (χ2n) is 3.55. The summed E-state index contributed by atoms with van der Waals surface area (Å²) >= 11 is 0. The maximum atomic E-state index is 11.6. The van der Waals surface area contributed by atoms with Gasteiger partial charge in [0.15, 0.2) is 5.78 Å². The van der Waals surface area contributed by atoms with Gasteiger partial charge >= 0.3 is 0 Å². The van der Waals surface area contributed by atoms with E-state index >= 15 is 0 Å². The van der Waals surface area contributed by atoms with Crippen LogP contribution in [-0.4, -0.2) is 5.78 Å². The number of rotatable bonds is 5. The second kappa shape index (κ2) is 5.38. The van der Waals surface area contributed by atoms with Crippen LogP contribution in [0.25, 0.3) is 0 Å². The maximum absolute atomic E-state index is 11.6. The van der Waals surface area contributed by atoms with Crippen LogP contribution < -0.4 is 0 Å². The minimum absolute atomic E-state index is 0.00755. The fourth-order valence-corrected chi connectivity index (χ4v) is 1.13. The molecule has 14 heavy (non-hydrogen) atoms. The summed E-state index contributed by atoms with van der Waals surface area (Å²) in [5.41, 5.74) is 0.365. The molecule has 0 aromatic carbocycles. The highest BCUT2D eigenvalue weighted by molar-refractivity contribution is 5.96. The smallest absolute Gasteiger partial charge is 0.165 e. The summed E-state index contributed by atoms with van der Waals surface area (Å²) in [5.74, 6) is 0.00755. The molecule has 0 bridgehead atoms. The Balaban J connectivity index is 5.11. The molecule has 0 radical (unpaired) electrons. The van der Waals surface area contributed by atoms with Crippen LogP contribution in [0.2, 0.25) is 0 Å². The number of carbonyl (C=O) groups is 1. The number of allylic oxidation sites excluding steroid dienone is 6. The first kappa shape index (κ1) is 12.6. The monoisotopic (exact) mass is 190 g/mol. The van der Waals surface area contributed by atoms with Crippen molar-refractivity contribution < 1.29 is 4.79 Å². The fraction of sp³-hybridized carbons (Fsp3) is 0.308. The second-order valence-corrected chi connectivity index (χ2v) is 3.55. The van der Waals surface area contributed by atoms with E-state index in [4.69, 9.17) is 0 Å². The van der Waals surface area contributed by atoms with Crippen LogP contribution in [0.1, 0.15) is 20.8 Å². The highest BCUT2D eigenvalue weighted by Gasteiger charge is 2.27. The average molecular weight is 190 g/mol. The molecule has 0 rings (SSSR count). The van der Waals surface area contributed by atoms with Crippen LogP contribution in [-0.2, 0) is 4.79 Å². The van der Waals surface area contributed by atoms with E-state index in [0.29, 0.717) is 0 Å². The lowest BCUT2D eigenvalue weighted by atomic mass is 9.80. The minimum Gasteiger partial charge on any atom is -0.294 e. The normalized spacial score (nSPS) is 12.9. The lowest BCUT2D eigenvalue weighted by Gasteiger charge is -2.22. The fourth-order valence-electron chi connectivity index (χ4n) is 1.13. The van der Waals surface area contributed by atoms with E-state index in [2.05, 4.69) is 13.2 Å². The van der Waals surface area contributed by atoms with Crippen LogP contribution in [0, 0.1) is 5.41 Å². The first-order valence-corrected chi connectivity index (χ1v) is 4.63. The Morgan fingerprint density at radius 3 is 2.14 bits per heavy atom. The molecule has 1 heteroatoms. The van der Waals surface area contributed by atoms with Crippen molar-refractivity contribution in [1.29, 1.82) is 0 Å². The molecule has 0 amide bonds. The van der Waals surface area contributed by atoms with E-state index in [-0.39, 0.29) is 5.78 Å². The van der Waals surface area contributed by atoms with E-state index in [1.54, 1.807) is 6.08 Å². The largest absolute Gasteiger partial charge is 0.294 e. The van der Waals surface area contributed by atoms with Gasteiger partial charge in [-0.1, -0.05) is 37.5 Å². The van der Waals surface area contributed by atoms with Gasteiger partial charge in [0.05, 0.1) is 5.41 Å². The summed E-state index contributed by atoms with van der Waals surface area (Å²) in [6.07, 6.45) is 8.77. The van der Waals surface area contributed by atoms with Gasteiger partial charge in [-0.25, -0.2) is 0 Å². The predicted molar refractivity (Wildman–Crippen MR) is 62.1 cm³/mol. The molecule has 0 unspecified atom stereocenters. The summed E-state index contributed by atoms with van der Waals surface area (Å²) < 4.78 is 0. The lowest BCUT2D eigenvalue weighted by Crippen LogP contribution is -2.23. The summed E-state index contributed by atoms with van der Waals surface area (Å²) in [6.45, 7) is 12.9. The Hall–Kier alpha value is -1.37. The van der Waals surface area contributed by atoms with Crippen molar-refractivity contribution in [1.82, 2.24) is 0 Å². The van der Waals surface area contributed by atoms with Crippen LogP contribution in [0.5, 0.6) is 0 Å². The Morgan fingerprint density at radius 1 is 1.21 bits per heavy atom. The van der Waals surface area contributed by atoms with Crippen molar-refractivity contribution >= 4 is 5.78 Å². The van der Waals surface area contributed by atoms with E-state index < -0.39 is 5.41 Å². The number of hydrogen-bond donors (Lipinski definition) is 0. The highest BCUT2D eigenvalue weighted by Crippen LogP contribution is 2.28. The first-order chi connectivity index (χ1) is 6.50. The molecule has 0 aliphatic carbocycles. The zero-order valence-electron chi connectivity index (χ0n) is 9.21. The van der Waals surface area contributed by atoms with E-state index in [9.17, 15) is 4.79 Å². The van der Waals surface area contributed by atoms with Crippen molar-refractivity contribution in [3.8, 4) is 0 Å². The van der Waals surface area contributed by atoms with E-state index in [0.717, 1.165) is 5.57 Å². The molecular weight excluding hydrogens is 172 g/mol. The Morgan fingerprint density at radius 2 is 1.79 bits per heavy atom. The number of carbonyl (C=O) groups excluding carboxylic acids is 1. The molecule has 0 heterocycles. The van der Waals surface area contributed by atoms with Gasteiger partial charge in [-0.2, -0.15) is 0 Å². The molecule has 0 aliphatic rings. The topological polar surface area (TPSA) is 17.1 Å². The van der Waals surface area contributed by atoms with Crippen LogP contribution in [0.3, 0.4) is 0 Å². The van der Waals surface area contributed by atoms with Crippen molar-refractivity contribution in [2.45, 2.75) is 20.8 Å². The molecule has 0 atom stereocenters. The molecule has 0 aliphatic heterocycles. The van der Waals surface area contributed by atoms with Gasteiger partial charge in [0, 0.05) is 0 Å². The Bertz CT molecular complexity index is 290.